The molecular formula is C15H16O4. The van der Waals surface area contributed by atoms with Crippen LogP contribution in [0.15, 0.2) is 34.6 Å². The van der Waals surface area contributed by atoms with E-state index >= 15 is 0 Å². The van der Waals surface area contributed by atoms with Crippen LogP contribution in [0, 0.1) is 5.92 Å². The van der Waals surface area contributed by atoms with Gasteiger partial charge in [0.1, 0.15) is 5.60 Å². The third kappa shape index (κ3) is 1.38. The van der Waals surface area contributed by atoms with Crippen LogP contribution in [0.2, 0.25) is 0 Å². The molecule has 0 aliphatic heterocycles. The van der Waals surface area contributed by atoms with Crippen LogP contribution in [0.4, 0.5) is 0 Å². The van der Waals surface area contributed by atoms with Gasteiger partial charge in [0.2, 0.25) is 5.78 Å². The molecule has 2 bridgehead atoms. The number of carbonyl (C=O) groups excluding carboxylic acids is 2. The normalized spacial score (nSPS) is 33.1. The molecule has 4 heteroatoms. The van der Waals surface area contributed by atoms with Crippen molar-refractivity contribution in [3.63, 3.8) is 0 Å². The lowest BCUT2D eigenvalue weighted by atomic mass is 9.63. The van der Waals surface area contributed by atoms with E-state index in [9.17, 15) is 9.59 Å². The molecule has 0 amide bonds. The average Bonchev–Trinajstić information content (AvgIpc) is 2.45. The number of ether oxygens (including phenoxy) is 2. The van der Waals surface area contributed by atoms with Crippen LogP contribution in [-0.2, 0) is 19.1 Å². The Morgan fingerprint density at radius 3 is 2.53 bits per heavy atom. The van der Waals surface area contributed by atoms with Crippen LogP contribution >= 0.6 is 0 Å². The summed E-state index contributed by atoms with van der Waals surface area (Å²) in [4.78, 5) is 25.1. The van der Waals surface area contributed by atoms with Crippen LogP contribution in [0.5, 0.6) is 0 Å². The summed E-state index contributed by atoms with van der Waals surface area (Å²) in [6, 6.07) is 0. The van der Waals surface area contributed by atoms with Crippen molar-refractivity contribution < 1.29 is 19.1 Å². The molecule has 0 N–H and O–H groups in total. The van der Waals surface area contributed by atoms with E-state index in [0.717, 1.165) is 12.8 Å². The Hall–Kier alpha value is -1.68. The zero-order valence-electron chi connectivity index (χ0n) is 11.3. The number of hydrogen-bond donors (Lipinski definition) is 0. The quantitative estimate of drug-likeness (QED) is 0.560. The first-order valence-electron chi connectivity index (χ1n) is 6.39. The lowest BCUT2D eigenvalue weighted by Crippen LogP contribution is -2.47. The minimum Gasteiger partial charge on any atom is -0.492 e. The second-order valence-corrected chi connectivity index (χ2v) is 5.20. The predicted molar refractivity (Wildman–Crippen MR) is 68.4 cm³/mol. The van der Waals surface area contributed by atoms with Crippen molar-refractivity contribution in [1.82, 2.24) is 0 Å². The highest BCUT2D eigenvalue weighted by Crippen LogP contribution is 2.49. The highest BCUT2D eigenvalue weighted by Gasteiger charge is 2.51. The topological polar surface area (TPSA) is 52.6 Å². The van der Waals surface area contributed by atoms with E-state index < -0.39 is 5.60 Å². The van der Waals surface area contributed by atoms with Gasteiger partial charge in [-0.2, -0.15) is 0 Å². The molecule has 0 saturated carbocycles. The molecule has 0 saturated heterocycles. The number of allylic oxidation sites excluding steroid dienone is 3. The molecule has 4 aliphatic rings. The smallest absolute Gasteiger partial charge is 0.225 e. The Bertz CT molecular complexity index is 579. The first-order chi connectivity index (χ1) is 9.05. The fraction of sp³-hybridized carbons (Fsp3) is 0.467. The third-order valence-corrected chi connectivity index (χ3v) is 4.42. The second-order valence-electron chi connectivity index (χ2n) is 5.20. The van der Waals surface area contributed by atoms with Gasteiger partial charge < -0.3 is 9.47 Å². The van der Waals surface area contributed by atoms with Crippen LogP contribution in [0.1, 0.15) is 19.8 Å². The van der Waals surface area contributed by atoms with Gasteiger partial charge in [-0.15, -0.1) is 0 Å². The van der Waals surface area contributed by atoms with Gasteiger partial charge in [0, 0.05) is 29.7 Å². The highest BCUT2D eigenvalue weighted by molar-refractivity contribution is 6.26. The molecule has 2 unspecified atom stereocenters. The third-order valence-electron chi connectivity index (χ3n) is 4.42. The van der Waals surface area contributed by atoms with Gasteiger partial charge in [0.15, 0.2) is 11.5 Å². The standard InChI is InChI=1S/C15H16O4/c1-8-12(16)11-10(13(17)14(8)18-2)9-4-6-15(11,19-3)7-5-9/h4,6,9H,5,7H2,1-3H3. The van der Waals surface area contributed by atoms with Crippen LogP contribution in [-0.4, -0.2) is 31.4 Å². The van der Waals surface area contributed by atoms with Crippen molar-refractivity contribution in [2.45, 2.75) is 25.4 Å². The summed E-state index contributed by atoms with van der Waals surface area (Å²) in [5.41, 5.74) is 0.751. The number of rotatable bonds is 2. The number of Topliss-reactive ketones (excluding diaryl/α,β-unsaturated/α-hetero) is 2. The zero-order chi connectivity index (χ0) is 13.8. The average molecular weight is 260 g/mol. The van der Waals surface area contributed by atoms with E-state index in [4.69, 9.17) is 9.47 Å². The Kier molecular flexibility index (Phi) is 2.54. The summed E-state index contributed by atoms with van der Waals surface area (Å²) in [5, 5.41) is 0. The maximum absolute atomic E-state index is 12.6. The lowest BCUT2D eigenvalue weighted by Gasteiger charge is -2.44. The van der Waals surface area contributed by atoms with Gasteiger partial charge >= 0.3 is 0 Å². The van der Waals surface area contributed by atoms with E-state index in [1.807, 2.05) is 12.2 Å². The largest absolute Gasteiger partial charge is 0.492 e. The molecule has 4 aliphatic carbocycles. The van der Waals surface area contributed by atoms with E-state index in [-0.39, 0.29) is 23.2 Å². The summed E-state index contributed by atoms with van der Waals surface area (Å²) >= 11 is 0. The maximum Gasteiger partial charge on any atom is 0.225 e. The first kappa shape index (κ1) is 12.4. The predicted octanol–water partition coefficient (Wildman–Crippen LogP) is 1.72. The molecule has 0 radical (unpaired) electrons. The molecule has 2 atom stereocenters. The molecule has 100 valence electrons. The summed E-state index contributed by atoms with van der Waals surface area (Å²) in [6.07, 6.45) is 5.48. The van der Waals surface area contributed by atoms with E-state index in [1.54, 1.807) is 14.0 Å². The SMILES string of the molecule is COC1=C(C)C(=O)C2=C(C1=O)C1C=CC2(OC)CC1. The van der Waals surface area contributed by atoms with Gasteiger partial charge in [-0.25, -0.2) is 0 Å². The summed E-state index contributed by atoms with van der Waals surface area (Å²) in [7, 11) is 3.02. The minimum atomic E-state index is -0.725. The van der Waals surface area contributed by atoms with E-state index in [0.29, 0.717) is 16.7 Å². The van der Waals surface area contributed by atoms with Gasteiger partial charge in [-0.05, 0) is 19.8 Å². The van der Waals surface area contributed by atoms with Crippen molar-refractivity contribution in [2.24, 2.45) is 5.92 Å². The Morgan fingerprint density at radius 1 is 1.26 bits per heavy atom. The molecule has 0 aromatic rings. The second kappa shape index (κ2) is 3.90. The molecule has 19 heavy (non-hydrogen) atoms. The fourth-order valence-electron chi connectivity index (χ4n) is 3.38. The molecule has 4 nitrogen and oxygen atoms in total. The van der Waals surface area contributed by atoms with Gasteiger partial charge in [-0.3, -0.25) is 9.59 Å². The zero-order valence-corrected chi connectivity index (χ0v) is 11.3. The Balaban J connectivity index is 2.23. The molecule has 0 aromatic heterocycles. The maximum atomic E-state index is 12.6. The number of carbonyl (C=O) groups is 2. The molecule has 0 heterocycles. The van der Waals surface area contributed by atoms with Crippen molar-refractivity contribution in [2.75, 3.05) is 14.2 Å². The lowest BCUT2D eigenvalue weighted by molar-refractivity contribution is -0.121. The number of ketones is 2. The van der Waals surface area contributed by atoms with Crippen molar-refractivity contribution in [3.8, 4) is 0 Å². The van der Waals surface area contributed by atoms with Crippen LogP contribution in [0.25, 0.3) is 0 Å². The van der Waals surface area contributed by atoms with E-state index in [2.05, 4.69) is 0 Å². The summed E-state index contributed by atoms with van der Waals surface area (Å²) in [5.74, 6) is -0.0925. The minimum absolute atomic E-state index is 0.0155. The molecule has 0 spiro atoms. The molecule has 0 aromatic carbocycles. The van der Waals surface area contributed by atoms with Gasteiger partial charge in [0.25, 0.3) is 0 Å². The Morgan fingerprint density at radius 2 is 2.00 bits per heavy atom. The monoisotopic (exact) mass is 260 g/mol. The highest BCUT2D eigenvalue weighted by atomic mass is 16.5. The van der Waals surface area contributed by atoms with Gasteiger partial charge in [0.05, 0.1) is 7.11 Å². The Labute approximate surface area is 111 Å². The summed E-state index contributed by atoms with van der Waals surface area (Å²) < 4.78 is 10.7. The van der Waals surface area contributed by atoms with Crippen LogP contribution in [0.3, 0.4) is 0 Å². The van der Waals surface area contributed by atoms with Crippen molar-refractivity contribution in [3.05, 3.63) is 34.6 Å². The number of fused-ring (bicyclic) bond motifs is 1. The number of hydrogen-bond acceptors (Lipinski definition) is 4. The fourth-order valence-corrected chi connectivity index (χ4v) is 3.38. The van der Waals surface area contributed by atoms with E-state index in [1.165, 1.54) is 7.11 Å². The molecule has 4 rings (SSSR count). The molecular weight excluding hydrogens is 244 g/mol. The van der Waals surface area contributed by atoms with Crippen molar-refractivity contribution >= 4 is 11.6 Å². The number of methoxy groups -OCH3 is 2. The van der Waals surface area contributed by atoms with Gasteiger partial charge in [-0.1, -0.05) is 12.2 Å². The molecule has 0 fully saturated rings. The summed E-state index contributed by atoms with van der Waals surface area (Å²) in [6.45, 7) is 1.64. The van der Waals surface area contributed by atoms with Crippen LogP contribution < -0.4 is 0 Å². The van der Waals surface area contributed by atoms with Crippen molar-refractivity contribution in [1.29, 1.82) is 0 Å². The first-order valence-corrected chi connectivity index (χ1v) is 6.39.